The van der Waals surface area contributed by atoms with E-state index >= 15 is 0 Å². The summed E-state index contributed by atoms with van der Waals surface area (Å²) >= 11 is 6.09. The van der Waals surface area contributed by atoms with Crippen LogP contribution in [0.5, 0.6) is 0 Å². The van der Waals surface area contributed by atoms with Crippen LogP contribution in [0.4, 0.5) is 0 Å². The summed E-state index contributed by atoms with van der Waals surface area (Å²) in [6.07, 6.45) is 1.47. The van der Waals surface area contributed by atoms with E-state index in [4.69, 9.17) is 21.6 Å². The average Bonchev–Trinajstić information content (AvgIpc) is 2.96. The van der Waals surface area contributed by atoms with Gasteiger partial charge in [0, 0.05) is 52.8 Å². The third-order valence-corrected chi connectivity index (χ3v) is 5.55. The Morgan fingerprint density at radius 3 is 2.34 bits per heavy atom. The van der Waals surface area contributed by atoms with E-state index in [0.29, 0.717) is 18.1 Å². The van der Waals surface area contributed by atoms with Crippen molar-refractivity contribution in [2.45, 2.75) is 32.6 Å². The van der Waals surface area contributed by atoms with Gasteiger partial charge in [-0.3, -0.25) is 4.79 Å². The fourth-order valence-corrected chi connectivity index (χ4v) is 3.82. The molecule has 1 aliphatic heterocycles. The number of carbonyl (C=O) groups is 1. The molecule has 0 saturated carbocycles. The minimum Gasteiger partial charge on any atom is -0.338 e. The quantitative estimate of drug-likeness (QED) is 0.604. The van der Waals surface area contributed by atoms with Crippen LogP contribution in [0.25, 0.3) is 11.3 Å². The van der Waals surface area contributed by atoms with Crippen molar-refractivity contribution in [3.05, 3.63) is 82.3 Å². The van der Waals surface area contributed by atoms with E-state index in [1.165, 1.54) is 0 Å². The molecule has 0 atom stereocenters. The zero-order valence-corrected chi connectivity index (χ0v) is 17.5. The summed E-state index contributed by atoms with van der Waals surface area (Å²) in [7, 11) is 0. The first-order valence-electron chi connectivity index (χ1n) is 10.0. The normalized spacial score (nSPS) is 13.9. The van der Waals surface area contributed by atoms with Crippen molar-refractivity contribution in [3.63, 3.8) is 0 Å². The number of benzene rings is 2. The molecule has 1 aliphatic rings. The van der Waals surface area contributed by atoms with Gasteiger partial charge in [0.25, 0.3) is 5.91 Å². The lowest BCUT2D eigenvalue weighted by molar-refractivity contribution is 0.0763. The monoisotopic (exact) mass is 405 g/mol. The Morgan fingerprint density at radius 2 is 1.66 bits per heavy atom. The first-order valence-corrected chi connectivity index (χ1v) is 10.4. The summed E-state index contributed by atoms with van der Waals surface area (Å²) in [6.45, 7) is 5.53. The van der Waals surface area contributed by atoms with Crippen LogP contribution in [-0.4, -0.2) is 33.9 Å². The molecule has 1 aromatic heterocycles. The van der Waals surface area contributed by atoms with Crippen molar-refractivity contribution >= 4 is 17.5 Å². The van der Waals surface area contributed by atoms with E-state index in [1.807, 2.05) is 59.5 Å². The van der Waals surface area contributed by atoms with Crippen molar-refractivity contribution in [2.24, 2.45) is 0 Å². The van der Waals surface area contributed by atoms with Crippen LogP contribution in [-0.2, 0) is 12.8 Å². The highest BCUT2D eigenvalue weighted by Gasteiger charge is 2.24. The molecule has 5 heteroatoms. The van der Waals surface area contributed by atoms with Gasteiger partial charge in [-0.2, -0.15) is 0 Å². The second kappa shape index (κ2) is 8.34. The van der Waals surface area contributed by atoms with E-state index in [2.05, 4.69) is 13.8 Å². The fourth-order valence-electron chi connectivity index (χ4n) is 3.69. The largest absolute Gasteiger partial charge is 0.338 e. The molecule has 4 rings (SSSR count). The second-order valence-corrected chi connectivity index (χ2v) is 8.11. The Bertz CT molecular complexity index is 1020. The number of hydrogen-bond acceptors (Lipinski definition) is 3. The number of carbonyl (C=O) groups excluding carboxylic acids is 1. The minimum atomic E-state index is 0.0727. The van der Waals surface area contributed by atoms with Crippen molar-refractivity contribution < 1.29 is 4.79 Å². The smallest absolute Gasteiger partial charge is 0.253 e. The topological polar surface area (TPSA) is 46.1 Å². The molecule has 3 aromatic rings. The molecule has 1 amide bonds. The maximum absolute atomic E-state index is 12.9. The van der Waals surface area contributed by atoms with Crippen LogP contribution in [0.15, 0.2) is 54.6 Å². The van der Waals surface area contributed by atoms with Gasteiger partial charge in [0.05, 0.1) is 5.69 Å². The zero-order chi connectivity index (χ0) is 20.4. The third kappa shape index (κ3) is 4.18. The molecule has 0 bridgehead atoms. The highest BCUT2D eigenvalue weighted by Crippen LogP contribution is 2.29. The number of nitrogens with zero attached hydrogens (tertiary/aromatic N) is 3. The molecule has 148 valence electrons. The standard InChI is InChI=1S/C24H24ClN3O/c1-16(2)23-26-21-13-15-28(24(29)18-6-4-3-5-7-18)14-12-20(21)22(27-23)17-8-10-19(25)11-9-17/h3-11,16H,12-15H2,1-2H3. The summed E-state index contributed by atoms with van der Waals surface area (Å²) in [6, 6.07) is 17.3. The Morgan fingerprint density at radius 1 is 0.966 bits per heavy atom. The average molecular weight is 406 g/mol. The van der Waals surface area contributed by atoms with Crippen molar-refractivity contribution in [2.75, 3.05) is 13.1 Å². The Labute approximate surface area is 176 Å². The molecule has 0 N–H and O–H groups in total. The minimum absolute atomic E-state index is 0.0727. The summed E-state index contributed by atoms with van der Waals surface area (Å²) < 4.78 is 0. The number of amides is 1. The summed E-state index contributed by atoms with van der Waals surface area (Å²) in [5.74, 6) is 1.15. The molecule has 29 heavy (non-hydrogen) atoms. The van der Waals surface area contributed by atoms with E-state index in [1.54, 1.807) is 0 Å². The highest BCUT2D eigenvalue weighted by molar-refractivity contribution is 6.30. The lowest BCUT2D eigenvalue weighted by atomic mass is 10.00. The van der Waals surface area contributed by atoms with E-state index in [-0.39, 0.29) is 11.8 Å². The highest BCUT2D eigenvalue weighted by atomic mass is 35.5. The van der Waals surface area contributed by atoms with E-state index in [9.17, 15) is 4.79 Å². The second-order valence-electron chi connectivity index (χ2n) is 7.68. The lowest BCUT2D eigenvalue weighted by Gasteiger charge is -2.20. The van der Waals surface area contributed by atoms with Gasteiger partial charge in [0.15, 0.2) is 0 Å². The van der Waals surface area contributed by atoms with E-state index in [0.717, 1.165) is 46.7 Å². The number of aromatic nitrogens is 2. The van der Waals surface area contributed by atoms with Gasteiger partial charge in [-0.25, -0.2) is 9.97 Å². The fraction of sp³-hybridized carbons (Fsp3) is 0.292. The van der Waals surface area contributed by atoms with Crippen molar-refractivity contribution in [1.29, 1.82) is 0 Å². The van der Waals surface area contributed by atoms with Crippen LogP contribution in [0.2, 0.25) is 5.02 Å². The molecule has 0 unspecified atom stereocenters. The van der Waals surface area contributed by atoms with Crippen molar-refractivity contribution in [3.8, 4) is 11.3 Å². The zero-order valence-electron chi connectivity index (χ0n) is 16.7. The molecule has 0 radical (unpaired) electrons. The van der Waals surface area contributed by atoms with Crippen LogP contribution in [0, 0.1) is 0 Å². The molecule has 0 aliphatic carbocycles. The van der Waals surface area contributed by atoms with Crippen LogP contribution < -0.4 is 0 Å². The summed E-state index contributed by atoms with van der Waals surface area (Å²) in [5.41, 5.74) is 4.92. The lowest BCUT2D eigenvalue weighted by Crippen LogP contribution is -2.33. The predicted octanol–water partition coefficient (Wildman–Crippen LogP) is 5.16. The first kappa shape index (κ1) is 19.6. The molecule has 0 saturated heterocycles. The van der Waals surface area contributed by atoms with Crippen LogP contribution >= 0.6 is 11.6 Å². The number of halogens is 1. The van der Waals surface area contributed by atoms with Crippen LogP contribution in [0.3, 0.4) is 0 Å². The number of rotatable bonds is 3. The maximum Gasteiger partial charge on any atom is 0.253 e. The molecule has 0 fully saturated rings. The van der Waals surface area contributed by atoms with Crippen molar-refractivity contribution in [1.82, 2.24) is 14.9 Å². The molecular formula is C24H24ClN3O. The summed E-state index contributed by atoms with van der Waals surface area (Å²) in [4.78, 5) is 24.6. The first-order chi connectivity index (χ1) is 14.0. The third-order valence-electron chi connectivity index (χ3n) is 5.30. The Kier molecular flexibility index (Phi) is 5.63. The van der Waals surface area contributed by atoms with Gasteiger partial charge in [0.2, 0.25) is 0 Å². The molecule has 4 nitrogen and oxygen atoms in total. The van der Waals surface area contributed by atoms with Crippen LogP contribution in [0.1, 0.15) is 47.2 Å². The maximum atomic E-state index is 12.9. The van der Waals surface area contributed by atoms with Gasteiger partial charge < -0.3 is 4.90 Å². The van der Waals surface area contributed by atoms with Gasteiger partial charge in [-0.1, -0.05) is 55.8 Å². The molecule has 2 heterocycles. The Hall–Kier alpha value is -2.72. The predicted molar refractivity (Wildman–Crippen MR) is 116 cm³/mol. The Balaban J connectivity index is 1.70. The van der Waals surface area contributed by atoms with Gasteiger partial charge >= 0.3 is 0 Å². The number of fused-ring (bicyclic) bond motifs is 1. The molecular weight excluding hydrogens is 382 g/mol. The number of hydrogen-bond donors (Lipinski definition) is 0. The molecule has 2 aromatic carbocycles. The summed E-state index contributed by atoms with van der Waals surface area (Å²) in [5, 5.41) is 0.706. The van der Waals surface area contributed by atoms with Gasteiger partial charge in [-0.15, -0.1) is 0 Å². The van der Waals surface area contributed by atoms with Gasteiger partial charge in [0.1, 0.15) is 5.82 Å². The SMILES string of the molecule is CC(C)c1nc2c(c(-c3ccc(Cl)cc3)n1)CCN(C(=O)c1ccccc1)CC2. The molecule has 0 spiro atoms. The van der Waals surface area contributed by atoms with E-state index < -0.39 is 0 Å². The van der Waals surface area contributed by atoms with Gasteiger partial charge in [-0.05, 0) is 30.7 Å².